The third kappa shape index (κ3) is 5.62. The van der Waals surface area contributed by atoms with E-state index in [4.69, 9.17) is 9.47 Å². The van der Waals surface area contributed by atoms with Gasteiger partial charge < -0.3 is 19.7 Å². The Morgan fingerprint density at radius 1 is 1.14 bits per heavy atom. The monoisotopic (exact) mass is 582 g/mol. The Morgan fingerprint density at radius 3 is 2.79 bits per heavy atom. The zero-order chi connectivity index (χ0) is 28.6. The first-order valence-corrected chi connectivity index (χ1v) is 15.4. The molecule has 6 heterocycles. The van der Waals surface area contributed by atoms with Crippen molar-refractivity contribution in [2.45, 2.75) is 51.9 Å². The molecule has 1 N–H and O–H groups in total. The van der Waals surface area contributed by atoms with Gasteiger partial charge in [0.2, 0.25) is 5.91 Å². The summed E-state index contributed by atoms with van der Waals surface area (Å²) in [5.74, 6) is 2.34. The number of carbonyl (C=O) groups excluding carboxylic acids is 1. The molecule has 3 aliphatic rings. The second kappa shape index (κ2) is 11.4. The number of fused-ring (bicyclic) bond motifs is 5. The van der Waals surface area contributed by atoms with Crippen molar-refractivity contribution in [3.8, 4) is 11.5 Å². The molecular weight excluding hydrogens is 548 g/mol. The van der Waals surface area contributed by atoms with Crippen LogP contribution < -0.4 is 10.1 Å². The number of rotatable bonds is 7. The topological polar surface area (TPSA) is 92.7 Å². The van der Waals surface area contributed by atoms with Gasteiger partial charge in [-0.25, -0.2) is 9.97 Å². The lowest BCUT2D eigenvalue weighted by Crippen LogP contribution is -2.42. The maximum Gasteiger partial charge on any atom is 0.246 e. The summed E-state index contributed by atoms with van der Waals surface area (Å²) in [5, 5.41) is 4.56. The molecule has 3 aromatic heterocycles. The van der Waals surface area contributed by atoms with E-state index in [9.17, 15) is 4.79 Å². The van der Waals surface area contributed by atoms with Crippen molar-refractivity contribution in [3.05, 3.63) is 76.7 Å². The van der Waals surface area contributed by atoms with Crippen molar-refractivity contribution in [1.29, 1.82) is 0 Å². The number of aromatic nitrogens is 3. The molecule has 216 valence electrons. The second-order valence-electron chi connectivity index (χ2n) is 11.3. The van der Waals surface area contributed by atoms with Gasteiger partial charge in [-0.1, -0.05) is 6.08 Å². The van der Waals surface area contributed by atoms with Gasteiger partial charge >= 0.3 is 0 Å². The number of hydrogen-bond acceptors (Lipinski definition) is 9. The molecule has 2 saturated heterocycles. The van der Waals surface area contributed by atoms with Gasteiger partial charge in [-0.15, -0.1) is 11.3 Å². The molecular formula is C32H34N6O3S. The highest BCUT2D eigenvalue weighted by Gasteiger charge is 2.33. The molecule has 7 rings (SSSR count). The van der Waals surface area contributed by atoms with Crippen LogP contribution in [0.5, 0.6) is 11.5 Å². The van der Waals surface area contributed by atoms with Crippen molar-refractivity contribution < 1.29 is 14.3 Å². The smallest absolute Gasteiger partial charge is 0.246 e. The van der Waals surface area contributed by atoms with Gasteiger partial charge in [0.25, 0.3) is 0 Å². The number of carbonyl (C=O) groups is 1. The fourth-order valence-corrected chi connectivity index (χ4v) is 7.29. The number of ether oxygens (including phenoxy) is 2. The molecule has 4 aromatic rings. The van der Waals surface area contributed by atoms with E-state index in [2.05, 4.69) is 31.2 Å². The molecule has 0 unspecified atom stereocenters. The molecule has 0 saturated carbocycles. The standard InChI is InChI=1S/C32H34N6O3S/c1-20-14-22(6-10-27(20)41-23-7-5-21(2)33-15-23)36-31-30-26-11-13-38(18-28(26)42-32(30)35-19-34-31)29(39)4-3-12-37-16-24-8-9-25(17-37)40-24/h3-7,10,14-15,19,24-25H,8-9,11-13,16-18H2,1-2H3,(H,34,35,36)/b4-3+/t24-,25+. The zero-order valence-corrected chi connectivity index (χ0v) is 24.7. The number of nitrogens with zero attached hydrogens (tertiary/aromatic N) is 5. The summed E-state index contributed by atoms with van der Waals surface area (Å²) in [5.41, 5.74) is 4.11. The van der Waals surface area contributed by atoms with Gasteiger partial charge in [-0.3, -0.25) is 14.7 Å². The highest BCUT2D eigenvalue weighted by molar-refractivity contribution is 7.19. The van der Waals surface area contributed by atoms with E-state index in [0.29, 0.717) is 31.0 Å². The van der Waals surface area contributed by atoms with Crippen LogP contribution in [0, 0.1) is 13.8 Å². The lowest BCUT2D eigenvalue weighted by Gasteiger charge is -2.31. The van der Waals surface area contributed by atoms with Crippen molar-refractivity contribution in [3.63, 3.8) is 0 Å². The van der Waals surface area contributed by atoms with Crippen molar-refractivity contribution in [1.82, 2.24) is 24.8 Å². The summed E-state index contributed by atoms with van der Waals surface area (Å²) in [6.07, 6.45) is 10.9. The number of pyridine rings is 1. The van der Waals surface area contributed by atoms with Gasteiger partial charge in [0, 0.05) is 48.5 Å². The predicted octanol–water partition coefficient (Wildman–Crippen LogP) is 5.54. The number of thiophene rings is 1. The summed E-state index contributed by atoms with van der Waals surface area (Å²) in [6.45, 7) is 7.97. The van der Waals surface area contributed by atoms with E-state index >= 15 is 0 Å². The minimum absolute atomic E-state index is 0.0676. The minimum Gasteiger partial charge on any atom is -0.455 e. The van der Waals surface area contributed by atoms with Crippen LogP contribution >= 0.6 is 11.3 Å². The zero-order valence-electron chi connectivity index (χ0n) is 23.9. The molecule has 1 amide bonds. The Hall–Kier alpha value is -3.86. The Labute approximate surface area is 249 Å². The average molecular weight is 583 g/mol. The first-order valence-electron chi connectivity index (χ1n) is 14.5. The minimum atomic E-state index is 0.0676. The maximum absolute atomic E-state index is 13.1. The molecule has 9 nitrogen and oxygen atoms in total. The molecule has 10 heteroatoms. The van der Waals surface area contributed by atoms with Crippen molar-refractivity contribution in [2.24, 2.45) is 0 Å². The second-order valence-corrected chi connectivity index (χ2v) is 12.4. The molecule has 2 bridgehead atoms. The van der Waals surface area contributed by atoms with Crippen LogP contribution in [0.25, 0.3) is 10.2 Å². The van der Waals surface area contributed by atoms with Gasteiger partial charge in [-0.05, 0) is 74.6 Å². The molecule has 0 spiro atoms. The molecule has 1 aromatic carbocycles. The predicted molar refractivity (Wildman–Crippen MR) is 164 cm³/mol. The van der Waals surface area contributed by atoms with Crippen LogP contribution in [0.4, 0.5) is 11.5 Å². The van der Waals surface area contributed by atoms with Gasteiger partial charge in [0.05, 0.1) is 30.3 Å². The summed E-state index contributed by atoms with van der Waals surface area (Å²) in [7, 11) is 0. The Kier molecular flexibility index (Phi) is 7.35. The van der Waals surface area contributed by atoms with Crippen molar-refractivity contribution >= 4 is 39.0 Å². The van der Waals surface area contributed by atoms with E-state index in [1.165, 1.54) is 10.4 Å². The summed E-state index contributed by atoms with van der Waals surface area (Å²) in [4.78, 5) is 33.0. The van der Waals surface area contributed by atoms with Gasteiger partial charge in [0.15, 0.2) is 0 Å². The summed E-state index contributed by atoms with van der Waals surface area (Å²) < 4.78 is 12.0. The van der Waals surface area contributed by atoms with E-state index in [1.54, 1.807) is 29.9 Å². The average Bonchev–Trinajstić information content (AvgIpc) is 3.54. The molecule has 2 fully saturated rings. The van der Waals surface area contributed by atoms with E-state index in [0.717, 1.165) is 77.6 Å². The highest BCUT2D eigenvalue weighted by atomic mass is 32.1. The number of likely N-dealkylation sites (tertiary alicyclic amines) is 1. The summed E-state index contributed by atoms with van der Waals surface area (Å²) >= 11 is 1.65. The normalized spacial score (nSPS) is 20.3. The highest BCUT2D eigenvalue weighted by Crippen LogP contribution is 2.38. The SMILES string of the molecule is Cc1ccc(Oc2ccc(Nc3ncnc4sc5c(c34)CCN(C(=O)/C=C/CN3C[C@H]4CC[C@@H](C3)O4)C5)cc2C)cn1. The van der Waals surface area contributed by atoms with Gasteiger partial charge in [-0.2, -0.15) is 0 Å². The maximum atomic E-state index is 13.1. The number of morpholine rings is 1. The Bertz CT molecular complexity index is 1640. The van der Waals surface area contributed by atoms with Crippen molar-refractivity contribution in [2.75, 3.05) is 31.5 Å². The molecule has 42 heavy (non-hydrogen) atoms. The van der Waals surface area contributed by atoms with E-state index < -0.39 is 0 Å². The lowest BCUT2D eigenvalue weighted by molar-refractivity contribution is -0.126. The van der Waals surface area contributed by atoms with Crippen LogP contribution in [0.3, 0.4) is 0 Å². The quantitative estimate of drug-likeness (QED) is 0.284. The summed E-state index contributed by atoms with van der Waals surface area (Å²) in [6, 6.07) is 9.86. The largest absolute Gasteiger partial charge is 0.455 e. The van der Waals surface area contributed by atoms with Crippen LogP contribution in [0.1, 0.15) is 34.5 Å². The molecule has 0 radical (unpaired) electrons. The van der Waals surface area contributed by atoms with E-state index in [1.807, 2.05) is 49.1 Å². The fraction of sp³-hybridized carbons (Fsp3) is 0.375. The Balaban J connectivity index is 1.03. The first-order chi connectivity index (χ1) is 20.5. The number of aryl methyl sites for hydroxylation is 2. The molecule has 0 aliphatic carbocycles. The number of amides is 1. The number of anilines is 2. The van der Waals surface area contributed by atoms with Gasteiger partial charge in [0.1, 0.15) is 28.5 Å². The van der Waals surface area contributed by atoms with Crippen LogP contribution in [0.2, 0.25) is 0 Å². The van der Waals surface area contributed by atoms with Crippen LogP contribution in [-0.2, 0) is 22.5 Å². The number of hydrogen-bond donors (Lipinski definition) is 1. The fourth-order valence-electron chi connectivity index (χ4n) is 6.09. The lowest BCUT2D eigenvalue weighted by atomic mass is 10.0. The number of nitrogens with one attached hydrogen (secondary N) is 1. The number of benzene rings is 1. The third-order valence-corrected chi connectivity index (χ3v) is 9.37. The first kappa shape index (κ1) is 27.0. The molecule has 2 atom stereocenters. The molecule has 3 aliphatic heterocycles. The third-order valence-electron chi connectivity index (χ3n) is 8.24. The Morgan fingerprint density at radius 2 is 2.00 bits per heavy atom. The van der Waals surface area contributed by atoms with Crippen LogP contribution in [0.15, 0.2) is 55.0 Å². The van der Waals surface area contributed by atoms with Crippen LogP contribution in [-0.4, -0.2) is 69.0 Å². The van der Waals surface area contributed by atoms with E-state index in [-0.39, 0.29) is 5.91 Å².